The van der Waals surface area contributed by atoms with Gasteiger partial charge in [-0.15, -0.1) is 0 Å². The van der Waals surface area contributed by atoms with E-state index in [4.69, 9.17) is 4.74 Å². The smallest absolute Gasteiger partial charge is 0.324 e. The van der Waals surface area contributed by atoms with E-state index in [1.807, 2.05) is 66.9 Å². The van der Waals surface area contributed by atoms with Gasteiger partial charge >= 0.3 is 6.03 Å². The molecule has 5 aromatic rings. The Kier molecular flexibility index (Phi) is 5.80. The third-order valence-electron chi connectivity index (χ3n) is 6.20. The molecule has 36 heavy (non-hydrogen) atoms. The summed E-state index contributed by atoms with van der Waals surface area (Å²) in [5.41, 5.74) is 5.57. The fourth-order valence-electron chi connectivity index (χ4n) is 4.38. The summed E-state index contributed by atoms with van der Waals surface area (Å²) in [4.78, 5) is 22.9. The van der Waals surface area contributed by atoms with E-state index in [1.54, 1.807) is 6.07 Å². The lowest BCUT2D eigenvalue weighted by Gasteiger charge is -2.28. The minimum absolute atomic E-state index is 0.360. The van der Waals surface area contributed by atoms with E-state index >= 15 is 0 Å². The normalized spacial score (nSPS) is 13.6. The molecule has 3 aromatic heterocycles. The van der Waals surface area contributed by atoms with Gasteiger partial charge in [-0.3, -0.25) is 10.4 Å². The van der Waals surface area contributed by atoms with Crippen LogP contribution in [0.2, 0.25) is 0 Å². The van der Waals surface area contributed by atoms with Crippen LogP contribution >= 0.6 is 0 Å². The summed E-state index contributed by atoms with van der Waals surface area (Å²) in [5, 5.41) is 13.8. The van der Waals surface area contributed by atoms with Gasteiger partial charge in [0.05, 0.1) is 24.4 Å². The maximum atomic E-state index is 12.5. The molecule has 0 aliphatic carbocycles. The molecule has 0 unspecified atom stereocenters. The molecule has 180 valence electrons. The second-order valence-electron chi connectivity index (χ2n) is 8.57. The lowest BCUT2D eigenvalue weighted by atomic mass is 10.1. The van der Waals surface area contributed by atoms with Gasteiger partial charge in [0.2, 0.25) is 0 Å². The van der Waals surface area contributed by atoms with Crippen LogP contribution in [0.4, 0.5) is 22.1 Å². The van der Waals surface area contributed by atoms with Crippen molar-refractivity contribution in [2.24, 2.45) is 0 Å². The van der Waals surface area contributed by atoms with Crippen LogP contribution in [0.5, 0.6) is 0 Å². The second kappa shape index (κ2) is 9.55. The number of urea groups is 1. The number of aromatic nitrogens is 4. The Hall–Kier alpha value is -4.63. The third-order valence-corrected chi connectivity index (χ3v) is 6.20. The number of anilines is 3. The summed E-state index contributed by atoms with van der Waals surface area (Å²) >= 11 is 0. The highest BCUT2D eigenvalue weighted by atomic mass is 16.5. The molecule has 2 amide bonds. The maximum Gasteiger partial charge on any atom is 0.324 e. The fourth-order valence-corrected chi connectivity index (χ4v) is 4.38. The topological polar surface area (TPSA) is 111 Å². The average Bonchev–Trinajstić information content (AvgIpc) is 3.57. The summed E-state index contributed by atoms with van der Waals surface area (Å²) in [5.74, 6) is 1.42. The number of aromatic amines is 2. The summed E-state index contributed by atoms with van der Waals surface area (Å²) in [7, 11) is 0. The van der Waals surface area contributed by atoms with E-state index < -0.39 is 0 Å². The lowest BCUT2D eigenvalue weighted by molar-refractivity contribution is 0.122. The zero-order valence-corrected chi connectivity index (χ0v) is 19.5. The van der Waals surface area contributed by atoms with Crippen molar-refractivity contribution in [2.45, 2.75) is 0 Å². The van der Waals surface area contributed by atoms with E-state index in [9.17, 15) is 4.79 Å². The number of hydrogen-bond acceptors (Lipinski definition) is 5. The highest BCUT2D eigenvalue weighted by Gasteiger charge is 2.17. The number of benzene rings is 2. The second-order valence-corrected chi connectivity index (χ2v) is 8.57. The minimum Gasteiger partial charge on any atom is -0.378 e. The number of rotatable bonds is 5. The Bertz CT molecular complexity index is 1490. The molecule has 0 saturated carbocycles. The van der Waals surface area contributed by atoms with Crippen molar-refractivity contribution in [2.75, 3.05) is 41.8 Å². The van der Waals surface area contributed by atoms with Gasteiger partial charge in [-0.1, -0.05) is 42.5 Å². The zero-order valence-electron chi connectivity index (χ0n) is 19.5. The van der Waals surface area contributed by atoms with E-state index in [1.165, 1.54) is 0 Å². The number of nitrogens with one attached hydrogen (secondary N) is 4. The monoisotopic (exact) mass is 479 g/mol. The molecule has 9 nitrogen and oxygen atoms in total. The number of morpholine rings is 1. The van der Waals surface area contributed by atoms with Crippen molar-refractivity contribution < 1.29 is 9.53 Å². The van der Waals surface area contributed by atoms with Crippen LogP contribution in [-0.2, 0) is 4.74 Å². The maximum absolute atomic E-state index is 12.5. The molecule has 1 saturated heterocycles. The van der Waals surface area contributed by atoms with Crippen LogP contribution in [0.15, 0.2) is 79.0 Å². The van der Waals surface area contributed by atoms with Gasteiger partial charge in [-0.25, -0.2) is 9.78 Å². The molecule has 9 heteroatoms. The number of carbonyl (C=O) groups excluding carboxylic acids is 1. The number of pyridine rings is 1. The quantitative estimate of drug-likeness (QED) is 0.280. The Morgan fingerprint density at radius 2 is 1.67 bits per heavy atom. The molecule has 4 heterocycles. The first-order valence-electron chi connectivity index (χ1n) is 11.8. The van der Waals surface area contributed by atoms with Gasteiger partial charge in [0.25, 0.3) is 0 Å². The van der Waals surface area contributed by atoms with Crippen molar-refractivity contribution in [3.8, 4) is 22.5 Å². The molecule has 0 bridgehead atoms. The van der Waals surface area contributed by atoms with Crippen molar-refractivity contribution in [3.63, 3.8) is 0 Å². The number of carbonyl (C=O) groups is 1. The molecule has 1 aliphatic rings. The molecule has 0 spiro atoms. The van der Waals surface area contributed by atoms with Gasteiger partial charge in [0, 0.05) is 42.1 Å². The minimum atomic E-state index is -0.360. The lowest BCUT2D eigenvalue weighted by Crippen LogP contribution is -2.36. The summed E-state index contributed by atoms with van der Waals surface area (Å²) in [6, 6.07) is 23.1. The third kappa shape index (κ3) is 4.51. The fraction of sp³-hybridized carbons (Fsp3) is 0.148. The standard InChI is InChI=1S/C27H25N7O2/c35-27(31-25-17-24(32-33-25)18-4-2-1-3-5-18)29-20-8-6-19(7-9-20)23-16-21-22(30-23)10-11-28-26(21)34-12-14-36-15-13-34/h1-11,16-17,30H,12-15H2,(H3,29,31,32,33,35). The van der Waals surface area contributed by atoms with E-state index in [2.05, 4.69) is 41.8 Å². The van der Waals surface area contributed by atoms with Crippen LogP contribution < -0.4 is 15.5 Å². The Balaban J connectivity index is 1.14. The molecule has 0 radical (unpaired) electrons. The first kappa shape index (κ1) is 21.9. The Morgan fingerprint density at radius 3 is 2.47 bits per heavy atom. The average molecular weight is 480 g/mol. The van der Waals surface area contributed by atoms with Crippen LogP contribution in [0, 0.1) is 0 Å². The van der Waals surface area contributed by atoms with E-state index in [0.717, 1.165) is 52.3 Å². The van der Waals surface area contributed by atoms with Crippen molar-refractivity contribution in [1.82, 2.24) is 20.2 Å². The van der Waals surface area contributed by atoms with Crippen LogP contribution in [0.3, 0.4) is 0 Å². The number of fused-ring (bicyclic) bond motifs is 1. The number of amides is 2. The largest absolute Gasteiger partial charge is 0.378 e. The highest BCUT2D eigenvalue weighted by Crippen LogP contribution is 2.30. The van der Waals surface area contributed by atoms with E-state index in [-0.39, 0.29) is 6.03 Å². The van der Waals surface area contributed by atoms with Crippen LogP contribution in [0.1, 0.15) is 0 Å². The first-order valence-corrected chi connectivity index (χ1v) is 11.8. The summed E-state index contributed by atoms with van der Waals surface area (Å²) < 4.78 is 5.48. The molecule has 1 aliphatic heterocycles. The predicted octanol–water partition coefficient (Wildman–Crippen LogP) is 5.10. The molecule has 1 fully saturated rings. The molecule has 2 aromatic carbocycles. The van der Waals surface area contributed by atoms with Crippen molar-refractivity contribution in [3.05, 3.63) is 79.0 Å². The van der Waals surface area contributed by atoms with Gasteiger partial charge in [-0.2, -0.15) is 5.10 Å². The molecule has 6 rings (SSSR count). The highest BCUT2D eigenvalue weighted by molar-refractivity contribution is 5.99. The van der Waals surface area contributed by atoms with Gasteiger partial charge in [0.1, 0.15) is 5.82 Å². The number of nitrogens with zero attached hydrogens (tertiary/aromatic N) is 3. The number of hydrogen-bond donors (Lipinski definition) is 4. The molecule has 4 N–H and O–H groups in total. The molecule has 0 atom stereocenters. The molecular formula is C27H25N7O2. The Labute approximate surface area is 207 Å². The van der Waals surface area contributed by atoms with Crippen molar-refractivity contribution in [1.29, 1.82) is 0 Å². The number of ether oxygens (including phenoxy) is 1. The van der Waals surface area contributed by atoms with Gasteiger partial charge in [-0.05, 0) is 35.4 Å². The summed E-state index contributed by atoms with van der Waals surface area (Å²) in [6.07, 6.45) is 1.83. The molecular weight excluding hydrogens is 454 g/mol. The van der Waals surface area contributed by atoms with Gasteiger partial charge in [0.15, 0.2) is 5.82 Å². The Morgan fingerprint density at radius 1 is 0.889 bits per heavy atom. The van der Waals surface area contributed by atoms with Gasteiger partial charge < -0.3 is 19.9 Å². The SMILES string of the molecule is O=C(Nc1ccc(-c2cc3c(N4CCOCC4)nccc3[nH]2)cc1)Nc1cc(-c2ccccc2)[nH]n1. The van der Waals surface area contributed by atoms with Crippen molar-refractivity contribution >= 4 is 34.3 Å². The predicted molar refractivity (Wildman–Crippen MR) is 141 cm³/mol. The van der Waals surface area contributed by atoms with Crippen LogP contribution in [0.25, 0.3) is 33.4 Å². The number of H-pyrrole nitrogens is 2. The van der Waals surface area contributed by atoms with Crippen LogP contribution in [-0.4, -0.2) is 52.5 Å². The summed E-state index contributed by atoms with van der Waals surface area (Å²) in [6.45, 7) is 3.10. The first-order chi connectivity index (χ1) is 17.7. The van der Waals surface area contributed by atoms with E-state index in [0.29, 0.717) is 24.7 Å². The zero-order chi connectivity index (χ0) is 24.3.